The zero-order valence-corrected chi connectivity index (χ0v) is 14.9. The fourth-order valence-corrected chi connectivity index (χ4v) is 4.13. The van der Waals surface area contributed by atoms with Gasteiger partial charge in [0.05, 0.1) is 6.20 Å². The molecule has 0 saturated carbocycles. The van der Waals surface area contributed by atoms with E-state index in [0.29, 0.717) is 23.3 Å². The molecule has 27 heavy (non-hydrogen) atoms. The van der Waals surface area contributed by atoms with Crippen molar-refractivity contribution in [2.75, 3.05) is 19.6 Å². The molecular formula is C21H21N3O3. The van der Waals surface area contributed by atoms with E-state index in [-0.39, 0.29) is 11.9 Å². The molecule has 2 aromatic heterocycles. The lowest BCUT2D eigenvalue weighted by molar-refractivity contribution is 0.0606. The van der Waals surface area contributed by atoms with E-state index in [0.717, 1.165) is 30.8 Å². The van der Waals surface area contributed by atoms with Crippen LogP contribution in [-0.2, 0) is 0 Å². The summed E-state index contributed by atoms with van der Waals surface area (Å²) in [5.74, 6) is 2.08. The number of nitrogens with one attached hydrogen (secondary N) is 1. The molecule has 3 saturated heterocycles. The largest absolute Gasteiger partial charge is 0.451 e. The summed E-state index contributed by atoms with van der Waals surface area (Å²) in [7, 11) is 0. The van der Waals surface area contributed by atoms with Crippen molar-refractivity contribution in [3.63, 3.8) is 0 Å². The van der Waals surface area contributed by atoms with Gasteiger partial charge in [0.2, 0.25) is 5.89 Å². The molecule has 3 fully saturated rings. The van der Waals surface area contributed by atoms with Gasteiger partial charge in [-0.15, -0.1) is 0 Å². The summed E-state index contributed by atoms with van der Waals surface area (Å²) in [6.45, 7) is 3.27. The highest BCUT2D eigenvalue weighted by atomic mass is 16.4. The quantitative estimate of drug-likeness (QED) is 0.769. The van der Waals surface area contributed by atoms with E-state index in [1.807, 2.05) is 30.3 Å². The van der Waals surface area contributed by atoms with Crippen LogP contribution < -0.4 is 5.32 Å². The Morgan fingerprint density at radius 3 is 2.52 bits per heavy atom. The number of rotatable bonds is 4. The van der Waals surface area contributed by atoms with E-state index >= 15 is 0 Å². The van der Waals surface area contributed by atoms with Crippen molar-refractivity contribution in [3.05, 3.63) is 54.6 Å². The minimum absolute atomic E-state index is 0.128. The number of hydrogen-bond donors (Lipinski definition) is 1. The predicted octanol–water partition coefficient (Wildman–Crippen LogP) is 3.43. The number of aromatic nitrogens is 1. The van der Waals surface area contributed by atoms with Crippen LogP contribution in [0.15, 0.2) is 57.7 Å². The first-order valence-corrected chi connectivity index (χ1v) is 9.39. The van der Waals surface area contributed by atoms with Crippen molar-refractivity contribution < 1.29 is 13.6 Å². The molecule has 1 aromatic carbocycles. The second-order valence-corrected chi connectivity index (χ2v) is 7.30. The average molecular weight is 363 g/mol. The van der Waals surface area contributed by atoms with Crippen LogP contribution in [-0.4, -0.2) is 41.5 Å². The third-order valence-electron chi connectivity index (χ3n) is 5.65. The lowest BCUT2D eigenvalue weighted by atomic mass is 9.84. The van der Waals surface area contributed by atoms with Crippen LogP contribution >= 0.6 is 0 Å². The van der Waals surface area contributed by atoms with E-state index in [1.54, 1.807) is 18.5 Å². The Hall–Kier alpha value is -2.86. The number of carbonyl (C=O) groups is 1. The number of carbonyl (C=O) groups excluding carboxylic acids is 1. The monoisotopic (exact) mass is 363 g/mol. The van der Waals surface area contributed by atoms with Crippen LogP contribution in [0.1, 0.15) is 23.4 Å². The van der Waals surface area contributed by atoms with Gasteiger partial charge in [-0.25, -0.2) is 4.98 Å². The molecule has 0 spiro atoms. The SMILES string of the molecule is O=C(NC1CN2CCC1CC2)c1ccc(-c2ccc(-c3ncco3)cc2)o1. The highest BCUT2D eigenvalue weighted by Crippen LogP contribution is 2.29. The molecule has 1 unspecified atom stereocenters. The molecule has 0 radical (unpaired) electrons. The number of piperidine rings is 3. The van der Waals surface area contributed by atoms with E-state index in [9.17, 15) is 4.79 Å². The molecule has 5 heterocycles. The van der Waals surface area contributed by atoms with Crippen LogP contribution in [0.5, 0.6) is 0 Å². The van der Waals surface area contributed by atoms with Crippen molar-refractivity contribution in [2.45, 2.75) is 18.9 Å². The summed E-state index contributed by atoms with van der Waals surface area (Å²) < 4.78 is 11.1. The van der Waals surface area contributed by atoms with Gasteiger partial charge in [0.25, 0.3) is 5.91 Å². The highest BCUT2D eigenvalue weighted by Gasteiger charge is 2.35. The van der Waals surface area contributed by atoms with Gasteiger partial charge in [-0.3, -0.25) is 4.79 Å². The Morgan fingerprint density at radius 2 is 1.85 bits per heavy atom. The second kappa shape index (κ2) is 6.70. The molecule has 0 aliphatic carbocycles. The first-order valence-electron chi connectivity index (χ1n) is 9.39. The summed E-state index contributed by atoms with van der Waals surface area (Å²) in [4.78, 5) is 19.2. The van der Waals surface area contributed by atoms with Crippen LogP contribution in [0.3, 0.4) is 0 Å². The molecule has 138 valence electrons. The normalized spacial score (nSPS) is 24.1. The number of fused-ring (bicyclic) bond motifs is 3. The van der Waals surface area contributed by atoms with Gasteiger partial charge in [0, 0.05) is 23.7 Å². The van der Waals surface area contributed by atoms with Crippen LogP contribution in [0.25, 0.3) is 22.8 Å². The standard InChI is InChI=1S/C21H21N3O3/c25-20(23-17-13-24-10-7-14(17)8-11-24)19-6-5-18(27-19)15-1-3-16(4-2-15)21-22-9-12-26-21/h1-6,9,12,14,17H,7-8,10-11,13H2,(H,23,25). The predicted molar refractivity (Wildman–Crippen MR) is 100 cm³/mol. The van der Waals surface area contributed by atoms with Crippen LogP contribution in [0.2, 0.25) is 0 Å². The number of oxazole rings is 1. The molecule has 3 aromatic rings. The first-order chi connectivity index (χ1) is 13.3. The fraction of sp³-hybridized carbons (Fsp3) is 0.333. The number of benzene rings is 1. The van der Waals surface area contributed by atoms with Gasteiger partial charge in [-0.1, -0.05) is 12.1 Å². The molecule has 6 nitrogen and oxygen atoms in total. The van der Waals surface area contributed by atoms with E-state index in [4.69, 9.17) is 8.83 Å². The van der Waals surface area contributed by atoms with E-state index in [2.05, 4.69) is 15.2 Å². The lowest BCUT2D eigenvalue weighted by Gasteiger charge is -2.44. The van der Waals surface area contributed by atoms with Crippen molar-refractivity contribution in [2.24, 2.45) is 5.92 Å². The molecule has 1 atom stereocenters. The smallest absolute Gasteiger partial charge is 0.287 e. The Labute approximate surface area is 157 Å². The van der Waals surface area contributed by atoms with E-state index in [1.165, 1.54) is 12.8 Å². The zero-order chi connectivity index (χ0) is 18.2. The summed E-state index contributed by atoms with van der Waals surface area (Å²) in [5, 5.41) is 3.16. The van der Waals surface area contributed by atoms with Gasteiger partial charge >= 0.3 is 0 Å². The number of amides is 1. The van der Waals surface area contributed by atoms with Crippen molar-refractivity contribution >= 4 is 5.91 Å². The van der Waals surface area contributed by atoms with Gasteiger partial charge in [0.1, 0.15) is 12.0 Å². The highest BCUT2D eigenvalue weighted by molar-refractivity contribution is 5.92. The first kappa shape index (κ1) is 16.3. The molecular weight excluding hydrogens is 342 g/mol. The Bertz CT molecular complexity index is 922. The van der Waals surface area contributed by atoms with Crippen LogP contribution in [0, 0.1) is 5.92 Å². The molecule has 6 heteroatoms. The maximum atomic E-state index is 12.6. The van der Waals surface area contributed by atoms with Gasteiger partial charge in [-0.2, -0.15) is 0 Å². The fourth-order valence-electron chi connectivity index (χ4n) is 4.13. The summed E-state index contributed by atoms with van der Waals surface area (Å²) >= 11 is 0. The Morgan fingerprint density at radius 1 is 1.07 bits per heavy atom. The minimum Gasteiger partial charge on any atom is -0.451 e. The van der Waals surface area contributed by atoms with Crippen LogP contribution in [0.4, 0.5) is 0 Å². The maximum Gasteiger partial charge on any atom is 0.287 e. The van der Waals surface area contributed by atoms with Gasteiger partial charge in [-0.05, 0) is 56.1 Å². The average Bonchev–Trinajstić information content (AvgIpc) is 3.41. The number of nitrogens with zero attached hydrogens (tertiary/aromatic N) is 2. The number of furan rings is 1. The number of hydrogen-bond acceptors (Lipinski definition) is 5. The van der Waals surface area contributed by atoms with Crippen molar-refractivity contribution in [1.29, 1.82) is 0 Å². The Kier molecular flexibility index (Phi) is 4.05. The van der Waals surface area contributed by atoms with E-state index < -0.39 is 0 Å². The molecule has 1 amide bonds. The molecule has 2 bridgehead atoms. The molecule has 1 N–H and O–H groups in total. The lowest BCUT2D eigenvalue weighted by Crippen LogP contribution is -2.57. The van der Waals surface area contributed by atoms with Crippen molar-refractivity contribution in [1.82, 2.24) is 15.2 Å². The third-order valence-corrected chi connectivity index (χ3v) is 5.65. The molecule has 6 rings (SSSR count). The zero-order valence-electron chi connectivity index (χ0n) is 14.9. The van der Waals surface area contributed by atoms with Gasteiger partial charge < -0.3 is 19.1 Å². The summed E-state index contributed by atoms with van der Waals surface area (Å²) in [6, 6.07) is 11.5. The topological polar surface area (TPSA) is 71.5 Å². The minimum atomic E-state index is -0.128. The maximum absolute atomic E-state index is 12.6. The molecule has 3 aliphatic heterocycles. The Balaban J connectivity index is 1.28. The third kappa shape index (κ3) is 3.17. The second-order valence-electron chi connectivity index (χ2n) is 7.30. The summed E-state index contributed by atoms with van der Waals surface area (Å²) in [5.41, 5.74) is 1.81. The summed E-state index contributed by atoms with van der Waals surface area (Å²) in [6.07, 6.45) is 5.52. The van der Waals surface area contributed by atoms with Gasteiger partial charge in [0.15, 0.2) is 5.76 Å². The van der Waals surface area contributed by atoms with Crippen molar-refractivity contribution in [3.8, 4) is 22.8 Å². The molecule has 3 aliphatic rings.